The van der Waals surface area contributed by atoms with Crippen LogP contribution in [0.4, 0.5) is 0 Å². The Morgan fingerprint density at radius 3 is 2.67 bits per heavy atom. The molecule has 1 fully saturated rings. The minimum Gasteiger partial charge on any atom is -0.385 e. The molecule has 2 aromatic rings. The number of benzene rings is 1. The predicted octanol–water partition coefficient (Wildman–Crippen LogP) is 3.68. The highest BCUT2D eigenvalue weighted by molar-refractivity contribution is 7.17. The topological polar surface area (TPSA) is 29.5 Å². The van der Waals surface area contributed by atoms with E-state index in [-0.39, 0.29) is 12.2 Å². The lowest BCUT2D eigenvalue weighted by molar-refractivity contribution is -0.135. The summed E-state index contributed by atoms with van der Waals surface area (Å²) in [4.78, 5) is 0. The van der Waals surface area contributed by atoms with Gasteiger partial charge < -0.3 is 9.84 Å². The molecule has 3 rings (SSSR count). The van der Waals surface area contributed by atoms with Gasteiger partial charge in [-0.1, -0.05) is 18.2 Å². The molecule has 0 aliphatic carbocycles. The monoisotopic (exact) mass is 262 g/mol. The van der Waals surface area contributed by atoms with E-state index in [1.165, 1.54) is 10.1 Å². The van der Waals surface area contributed by atoms with E-state index in [9.17, 15) is 5.11 Å². The zero-order chi connectivity index (χ0) is 12.8. The maximum absolute atomic E-state index is 11.0. The molecule has 3 heteroatoms. The summed E-state index contributed by atoms with van der Waals surface area (Å²) < 4.78 is 6.95. The van der Waals surface area contributed by atoms with Gasteiger partial charge in [-0.15, -0.1) is 11.3 Å². The third-order valence-corrected chi connectivity index (χ3v) is 4.66. The fraction of sp³-hybridized carbons (Fsp3) is 0.467. The van der Waals surface area contributed by atoms with Gasteiger partial charge in [0.25, 0.3) is 0 Å². The van der Waals surface area contributed by atoms with E-state index in [1.54, 1.807) is 11.3 Å². The van der Waals surface area contributed by atoms with Crippen molar-refractivity contribution in [2.24, 2.45) is 0 Å². The Balaban J connectivity index is 2.09. The largest absolute Gasteiger partial charge is 0.385 e. The molecular formula is C15H18O2S. The molecule has 0 saturated carbocycles. The number of thiophene rings is 1. The zero-order valence-corrected chi connectivity index (χ0v) is 11.5. The van der Waals surface area contributed by atoms with Crippen molar-refractivity contribution in [1.29, 1.82) is 0 Å². The molecule has 1 aliphatic heterocycles. The van der Waals surface area contributed by atoms with E-state index < -0.39 is 5.60 Å². The molecule has 18 heavy (non-hydrogen) atoms. The van der Waals surface area contributed by atoms with Crippen LogP contribution in [0.15, 0.2) is 29.6 Å². The Kier molecular flexibility index (Phi) is 2.93. The number of hydrogen-bond donors (Lipinski definition) is 1. The Hall–Kier alpha value is -0.900. The molecule has 1 aliphatic rings. The molecule has 0 amide bonds. The standard InChI is InChI=1S/C15H18O2S/c1-10-8-15(16,9-11(2)17-10)13-5-3-4-12-6-7-18-14(12)13/h3-7,10-11,16H,8-9H2,1-2H3. The molecule has 1 saturated heterocycles. The highest BCUT2D eigenvalue weighted by atomic mass is 32.1. The van der Waals surface area contributed by atoms with Gasteiger partial charge in [0.2, 0.25) is 0 Å². The average molecular weight is 262 g/mol. The molecule has 2 unspecified atom stereocenters. The van der Waals surface area contributed by atoms with Crippen LogP contribution in [0.1, 0.15) is 32.3 Å². The third-order valence-electron chi connectivity index (χ3n) is 3.70. The second-order valence-electron chi connectivity index (χ2n) is 5.34. The first kappa shape index (κ1) is 12.2. The molecule has 1 aromatic heterocycles. The van der Waals surface area contributed by atoms with E-state index in [4.69, 9.17) is 4.74 Å². The van der Waals surface area contributed by atoms with E-state index in [0.717, 1.165) is 5.56 Å². The summed E-state index contributed by atoms with van der Waals surface area (Å²) in [7, 11) is 0. The number of aliphatic hydroxyl groups is 1. The van der Waals surface area contributed by atoms with Crippen molar-refractivity contribution in [3.05, 3.63) is 35.2 Å². The van der Waals surface area contributed by atoms with Gasteiger partial charge >= 0.3 is 0 Å². The number of fused-ring (bicyclic) bond motifs is 1. The van der Waals surface area contributed by atoms with Crippen molar-refractivity contribution in [3.63, 3.8) is 0 Å². The second kappa shape index (κ2) is 4.34. The summed E-state index contributed by atoms with van der Waals surface area (Å²) in [6, 6.07) is 8.31. The third kappa shape index (κ3) is 1.96. The second-order valence-corrected chi connectivity index (χ2v) is 6.26. The lowest BCUT2D eigenvalue weighted by atomic mass is 9.81. The van der Waals surface area contributed by atoms with Gasteiger partial charge in [-0.25, -0.2) is 0 Å². The van der Waals surface area contributed by atoms with Gasteiger partial charge in [0.15, 0.2) is 0 Å². The fourth-order valence-corrected chi connectivity index (χ4v) is 4.11. The number of rotatable bonds is 1. The molecule has 2 atom stereocenters. The van der Waals surface area contributed by atoms with Crippen LogP contribution in [0.2, 0.25) is 0 Å². The Labute approximate surface area is 111 Å². The molecule has 96 valence electrons. The minimum atomic E-state index is -0.749. The average Bonchev–Trinajstić information content (AvgIpc) is 2.74. The van der Waals surface area contributed by atoms with E-state index >= 15 is 0 Å². The van der Waals surface area contributed by atoms with E-state index in [1.807, 2.05) is 19.9 Å². The van der Waals surface area contributed by atoms with Crippen molar-refractivity contribution in [1.82, 2.24) is 0 Å². The molecule has 1 N–H and O–H groups in total. The summed E-state index contributed by atoms with van der Waals surface area (Å²) in [5.41, 5.74) is 0.318. The maximum Gasteiger partial charge on any atom is 0.0959 e. The molecule has 0 spiro atoms. The summed E-state index contributed by atoms with van der Waals surface area (Å²) in [6.07, 6.45) is 1.56. The molecule has 2 heterocycles. The Morgan fingerprint density at radius 2 is 1.94 bits per heavy atom. The van der Waals surface area contributed by atoms with Crippen molar-refractivity contribution < 1.29 is 9.84 Å². The predicted molar refractivity (Wildman–Crippen MR) is 75.0 cm³/mol. The van der Waals surface area contributed by atoms with Crippen LogP contribution >= 0.6 is 11.3 Å². The lowest BCUT2D eigenvalue weighted by Gasteiger charge is -2.39. The quantitative estimate of drug-likeness (QED) is 0.849. The molecule has 0 radical (unpaired) electrons. The minimum absolute atomic E-state index is 0.106. The number of hydrogen-bond acceptors (Lipinski definition) is 3. The maximum atomic E-state index is 11.0. The van der Waals surface area contributed by atoms with Crippen LogP contribution in [-0.2, 0) is 10.3 Å². The van der Waals surface area contributed by atoms with Crippen molar-refractivity contribution in [3.8, 4) is 0 Å². The van der Waals surface area contributed by atoms with E-state index in [0.29, 0.717) is 12.8 Å². The van der Waals surface area contributed by atoms with Gasteiger partial charge in [0, 0.05) is 23.1 Å². The van der Waals surface area contributed by atoms with Gasteiger partial charge in [0.1, 0.15) is 0 Å². The Bertz CT molecular complexity index is 550. The normalized spacial score (nSPS) is 32.8. The van der Waals surface area contributed by atoms with E-state index in [2.05, 4.69) is 23.6 Å². The van der Waals surface area contributed by atoms with Gasteiger partial charge in [-0.05, 0) is 30.7 Å². The summed E-state index contributed by atoms with van der Waals surface area (Å²) in [5, 5.41) is 14.3. The van der Waals surface area contributed by atoms with Crippen molar-refractivity contribution in [2.75, 3.05) is 0 Å². The molecular weight excluding hydrogens is 244 g/mol. The van der Waals surface area contributed by atoms with Crippen LogP contribution in [-0.4, -0.2) is 17.3 Å². The number of ether oxygens (including phenoxy) is 1. The first-order valence-electron chi connectivity index (χ1n) is 6.43. The molecule has 1 aromatic carbocycles. The highest BCUT2D eigenvalue weighted by Crippen LogP contribution is 2.41. The molecule has 2 nitrogen and oxygen atoms in total. The SMILES string of the molecule is CC1CC(O)(c2cccc3ccsc23)CC(C)O1. The van der Waals surface area contributed by atoms with Crippen molar-refractivity contribution in [2.45, 2.75) is 44.5 Å². The van der Waals surface area contributed by atoms with Crippen LogP contribution in [0, 0.1) is 0 Å². The summed E-state index contributed by atoms with van der Waals surface area (Å²) in [5.74, 6) is 0. The fourth-order valence-electron chi connectivity index (χ4n) is 3.11. The highest BCUT2D eigenvalue weighted by Gasteiger charge is 2.39. The van der Waals surface area contributed by atoms with Crippen LogP contribution < -0.4 is 0 Å². The van der Waals surface area contributed by atoms with Crippen LogP contribution in [0.5, 0.6) is 0 Å². The summed E-state index contributed by atoms with van der Waals surface area (Å²) >= 11 is 1.71. The lowest BCUT2D eigenvalue weighted by Crippen LogP contribution is -2.41. The first-order chi connectivity index (χ1) is 8.58. The summed E-state index contributed by atoms with van der Waals surface area (Å²) in [6.45, 7) is 4.07. The molecule has 0 bridgehead atoms. The van der Waals surface area contributed by atoms with Gasteiger partial charge in [-0.2, -0.15) is 0 Å². The van der Waals surface area contributed by atoms with Crippen LogP contribution in [0.25, 0.3) is 10.1 Å². The first-order valence-corrected chi connectivity index (χ1v) is 7.31. The Morgan fingerprint density at radius 1 is 1.22 bits per heavy atom. The van der Waals surface area contributed by atoms with Gasteiger partial charge in [0.05, 0.1) is 17.8 Å². The van der Waals surface area contributed by atoms with Crippen LogP contribution in [0.3, 0.4) is 0 Å². The zero-order valence-electron chi connectivity index (χ0n) is 10.7. The van der Waals surface area contributed by atoms with Gasteiger partial charge in [-0.3, -0.25) is 0 Å². The smallest absolute Gasteiger partial charge is 0.0959 e. The van der Waals surface area contributed by atoms with Crippen molar-refractivity contribution >= 4 is 21.4 Å².